The highest BCUT2D eigenvalue weighted by Crippen LogP contribution is 2.25. The van der Waals surface area contributed by atoms with Gasteiger partial charge in [0.25, 0.3) is 0 Å². The molecular formula is C15H11ClNO+. The fourth-order valence-electron chi connectivity index (χ4n) is 2.41. The molecule has 1 heterocycles. The van der Waals surface area contributed by atoms with Gasteiger partial charge < -0.3 is 0 Å². The molecule has 0 radical (unpaired) electrons. The molecule has 88 valence electrons. The van der Waals surface area contributed by atoms with Gasteiger partial charge in [-0.05, 0) is 18.2 Å². The monoisotopic (exact) mass is 256 g/mol. The maximum atomic E-state index is 11.4. The number of benzene rings is 2. The third kappa shape index (κ3) is 1.50. The first kappa shape index (κ1) is 11.2. The van der Waals surface area contributed by atoms with Crippen molar-refractivity contribution in [2.75, 3.05) is 0 Å². The van der Waals surface area contributed by atoms with Crippen LogP contribution in [0.3, 0.4) is 0 Å². The lowest BCUT2D eigenvalue weighted by molar-refractivity contribution is -0.617. The second-order valence-electron chi connectivity index (χ2n) is 4.27. The first-order chi connectivity index (χ1) is 8.72. The molecule has 3 aromatic rings. The Morgan fingerprint density at radius 3 is 2.56 bits per heavy atom. The number of aromatic nitrogens is 1. The van der Waals surface area contributed by atoms with E-state index in [0.717, 1.165) is 28.1 Å². The van der Waals surface area contributed by atoms with Gasteiger partial charge in [0.15, 0.2) is 6.29 Å². The molecule has 0 amide bonds. The number of carbonyl (C=O) groups excluding carboxylic acids is 1. The Hall–Kier alpha value is -1.93. The number of para-hydroxylation sites is 1. The molecule has 0 unspecified atom stereocenters. The number of aryl methyl sites for hydroxylation is 1. The third-order valence-electron chi connectivity index (χ3n) is 3.28. The lowest BCUT2D eigenvalue weighted by atomic mass is 10.0. The van der Waals surface area contributed by atoms with Gasteiger partial charge in [0.05, 0.1) is 10.8 Å². The Morgan fingerprint density at radius 1 is 1.06 bits per heavy atom. The van der Waals surface area contributed by atoms with Gasteiger partial charge in [0.2, 0.25) is 11.0 Å². The van der Waals surface area contributed by atoms with Crippen LogP contribution in [-0.2, 0) is 7.05 Å². The van der Waals surface area contributed by atoms with E-state index in [1.54, 1.807) is 0 Å². The molecule has 0 bridgehead atoms. The molecule has 0 aliphatic rings. The van der Waals surface area contributed by atoms with Crippen LogP contribution in [-0.4, -0.2) is 6.29 Å². The zero-order valence-corrected chi connectivity index (χ0v) is 10.6. The number of hydrogen-bond donors (Lipinski definition) is 0. The van der Waals surface area contributed by atoms with Gasteiger partial charge in [-0.25, -0.2) is 0 Å². The van der Waals surface area contributed by atoms with Gasteiger partial charge in [-0.15, -0.1) is 0 Å². The number of nitrogens with zero attached hydrogens (tertiary/aromatic N) is 1. The molecule has 2 aromatic carbocycles. The van der Waals surface area contributed by atoms with Gasteiger partial charge in [-0.1, -0.05) is 23.7 Å². The van der Waals surface area contributed by atoms with E-state index in [-0.39, 0.29) is 0 Å². The molecule has 1 aromatic heterocycles. The first-order valence-corrected chi connectivity index (χ1v) is 6.05. The van der Waals surface area contributed by atoms with Gasteiger partial charge in [0, 0.05) is 22.7 Å². The van der Waals surface area contributed by atoms with Gasteiger partial charge in [-0.2, -0.15) is 4.57 Å². The van der Waals surface area contributed by atoms with Crippen molar-refractivity contribution >= 4 is 39.7 Å². The van der Waals surface area contributed by atoms with Crippen LogP contribution in [0.15, 0.2) is 42.5 Å². The molecule has 0 N–H and O–H groups in total. The van der Waals surface area contributed by atoms with Crippen molar-refractivity contribution in [3.8, 4) is 0 Å². The third-order valence-corrected chi connectivity index (χ3v) is 3.52. The van der Waals surface area contributed by atoms with Crippen LogP contribution >= 0.6 is 11.6 Å². The van der Waals surface area contributed by atoms with Gasteiger partial charge in [-0.3, -0.25) is 4.79 Å². The zero-order valence-electron chi connectivity index (χ0n) is 9.85. The van der Waals surface area contributed by atoms with E-state index >= 15 is 0 Å². The fraction of sp³-hybridized carbons (Fsp3) is 0.0667. The predicted molar refractivity (Wildman–Crippen MR) is 73.0 cm³/mol. The van der Waals surface area contributed by atoms with Crippen molar-refractivity contribution < 1.29 is 9.36 Å². The molecule has 0 aliphatic heterocycles. The Balaban J connectivity index is 2.66. The lowest BCUT2D eigenvalue weighted by Crippen LogP contribution is -2.30. The summed E-state index contributed by atoms with van der Waals surface area (Å²) in [6.45, 7) is 0. The number of hydrogen-bond acceptors (Lipinski definition) is 1. The summed E-state index contributed by atoms with van der Waals surface area (Å²) in [5.74, 6) is 0. The smallest absolute Gasteiger partial charge is 0.213 e. The molecule has 0 saturated heterocycles. The van der Waals surface area contributed by atoms with Crippen molar-refractivity contribution in [2.24, 2.45) is 7.05 Å². The Morgan fingerprint density at radius 2 is 1.78 bits per heavy atom. The SMILES string of the molecule is C[n+]1c2ccccc2c(C=O)c2cc(Cl)ccc21. The summed E-state index contributed by atoms with van der Waals surface area (Å²) in [6.07, 6.45) is 0.904. The minimum absolute atomic E-state index is 0.640. The highest BCUT2D eigenvalue weighted by atomic mass is 35.5. The summed E-state index contributed by atoms with van der Waals surface area (Å²) < 4.78 is 2.08. The molecular weight excluding hydrogens is 246 g/mol. The Kier molecular flexibility index (Phi) is 2.53. The minimum atomic E-state index is 0.640. The molecule has 0 aliphatic carbocycles. The largest absolute Gasteiger partial charge is 0.298 e. The summed E-state index contributed by atoms with van der Waals surface area (Å²) in [7, 11) is 1.99. The normalized spacial score (nSPS) is 11.0. The summed E-state index contributed by atoms with van der Waals surface area (Å²) in [6, 6.07) is 13.5. The molecule has 3 heteroatoms. The van der Waals surface area contributed by atoms with Crippen LogP contribution in [0.1, 0.15) is 10.4 Å². The topological polar surface area (TPSA) is 20.9 Å². The summed E-state index contributed by atoms with van der Waals surface area (Å²) in [5.41, 5.74) is 2.73. The van der Waals surface area contributed by atoms with E-state index in [4.69, 9.17) is 11.6 Å². The van der Waals surface area contributed by atoms with Crippen LogP contribution in [0, 0.1) is 0 Å². The molecule has 0 spiro atoms. The molecule has 0 saturated carbocycles. The zero-order chi connectivity index (χ0) is 12.7. The van der Waals surface area contributed by atoms with E-state index < -0.39 is 0 Å². The van der Waals surface area contributed by atoms with Crippen LogP contribution < -0.4 is 4.57 Å². The van der Waals surface area contributed by atoms with E-state index in [2.05, 4.69) is 4.57 Å². The van der Waals surface area contributed by atoms with Crippen LogP contribution in [0.4, 0.5) is 0 Å². The molecule has 0 atom stereocenters. The highest BCUT2D eigenvalue weighted by Gasteiger charge is 2.16. The van der Waals surface area contributed by atoms with Gasteiger partial charge in [0.1, 0.15) is 7.05 Å². The molecule has 2 nitrogen and oxygen atoms in total. The van der Waals surface area contributed by atoms with Gasteiger partial charge >= 0.3 is 0 Å². The van der Waals surface area contributed by atoms with Crippen molar-refractivity contribution in [1.29, 1.82) is 0 Å². The number of fused-ring (bicyclic) bond motifs is 2. The standard InChI is InChI=1S/C15H11ClNO/c1-17-14-5-3-2-4-11(14)13(9-18)12-8-10(16)6-7-15(12)17/h2-9H,1H3/q+1. The summed E-state index contributed by atoms with van der Waals surface area (Å²) >= 11 is 6.03. The lowest BCUT2D eigenvalue weighted by Gasteiger charge is -2.05. The second kappa shape index (κ2) is 4.07. The predicted octanol–water partition coefficient (Wildman–Crippen LogP) is 3.28. The van der Waals surface area contributed by atoms with Crippen molar-refractivity contribution in [3.05, 3.63) is 53.1 Å². The van der Waals surface area contributed by atoms with Crippen molar-refractivity contribution in [2.45, 2.75) is 0 Å². The molecule has 18 heavy (non-hydrogen) atoms. The van der Waals surface area contributed by atoms with E-state index in [0.29, 0.717) is 10.6 Å². The fourth-order valence-corrected chi connectivity index (χ4v) is 2.58. The quantitative estimate of drug-likeness (QED) is 0.372. The number of rotatable bonds is 1. The molecule has 0 fully saturated rings. The van der Waals surface area contributed by atoms with Crippen LogP contribution in [0.25, 0.3) is 21.8 Å². The minimum Gasteiger partial charge on any atom is -0.298 e. The van der Waals surface area contributed by atoms with Crippen LogP contribution in [0.5, 0.6) is 0 Å². The van der Waals surface area contributed by atoms with Crippen LogP contribution in [0.2, 0.25) is 5.02 Å². The number of pyridine rings is 1. The number of carbonyl (C=O) groups is 1. The number of halogens is 1. The summed E-state index contributed by atoms with van der Waals surface area (Å²) in [5, 5.41) is 2.48. The Bertz CT molecular complexity index is 780. The highest BCUT2D eigenvalue weighted by molar-refractivity contribution is 6.31. The first-order valence-electron chi connectivity index (χ1n) is 5.67. The summed E-state index contributed by atoms with van der Waals surface area (Å²) in [4.78, 5) is 11.4. The number of aldehydes is 1. The second-order valence-corrected chi connectivity index (χ2v) is 4.71. The molecule has 3 rings (SSSR count). The van der Waals surface area contributed by atoms with E-state index in [1.807, 2.05) is 49.5 Å². The van der Waals surface area contributed by atoms with Crippen molar-refractivity contribution in [3.63, 3.8) is 0 Å². The maximum absolute atomic E-state index is 11.4. The van der Waals surface area contributed by atoms with E-state index in [9.17, 15) is 4.79 Å². The average molecular weight is 257 g/mol. The average Bonchev–Trinajstić information content (AvgIpc) is 2.39. The maximum Gasteiger partial charge on any atom is 0.213 e. The Labute approximate surface area is 109 Å². The van der Waals surface area contributed by atoms with Crippen molar-refractivity contribution in [1.82, 2.24) is 0 Å². The van der Waals surface area contributed by atoms with E-state index in [1.165, 1.54) is 0 Å².